The maximum atomic E-state index is 13.0. The Bertz CT molecular complexity index is 751. The summed E-state index contributed by atoms with van der Waals surface area (Å²) in [5.74, 6) is -0.124. The van der Waals surface area contributed by atoms with Crippen LogP contribution >= 0.6 is 0 Å². The summed E-state index contributed by atoms with van der Waals surface area (Å²) in [7, 11) is 0. The van der Waals surface area contributed by atoms with E-state index < -0.39 is 24.2 Å². The van der Waals surface area contributed by atoms with Gasteiger partial charge in [-0.3, -0.25) is 9.48 Å². The van der Waals surface area contributed by atoms with Crippen LogP contribution in [-0.2, 0) is 6.54 Å². The van der Waals surface area contributed by atoms with E-state index in [4.69, 9.17) is 4.42 Å². The van der Waals surface area contributed by atoms with Crippen LogP contribution in [0.1, 0.15) is 72.7 Å². The summed E-state index contributed by atoms with van der Waals surface area (Å²) in [5, 5.41) is 6.39. The van der Waals surface area contributed by atoms with Crippen LogP contribution in [0.3, 0.4) is 0 Å². The standard InChI is InChI=1S/C17H19F4N3O2/c18-15(19)12-8-13(16(20)21)24(23-12)9-11-6-7-14(26-11)17(25)22-10-4-2-1-3-5-10/h6-8,10,15-16H,1-5,9H2,(H,22,25). The summed E-state index contributed by atoms with van der Waals surface area (Å²) < 4.78 is 57.6. The minimum atomic E-state index is -2.95. The van der Waals surface area contributed by atoms with Crippen LogP contribution in [0.2, 0.25) is 0 Å². The number of carbonyl (C=O) groups is 1. The molecule has 2 aromatic rings. The van der Waals surface area contributed by atoms with Crippen LogP contribution in [0.4, 0.5) is 17.6 Å². The fraction of sp³-hybridized carbons (Fsp3) is 0.529. The van der Waals surface area contributed by atoms with Gasteiger partial charge in [-0.25, -0.2) is 17.6 Å². The topological polar surface area (TPSA) is 60.1 Å². The third-order valence-corrected chi connectivity index (χ3v) is 4.41. The monoisotopic (exact) mass is 373 g/mol. The Morgan fingerprint density at radius 1 is 1.19 bits per heavy atom. The fourth-order valence-electron chi connectivity index (χ4n) is 3.10. The number of nitrogens with zero attached hydrogens (tertiary/aromatic N) is 2. The highest BCUT2D eigenvalue weighted by Gasteiger charge is 2.23. The normalized spacial score (nSPS) is 15.8. The van der Waals surface area contributed by atoms with Gasteiger partial charge in [-0.05, 0) is 31.0 Å². The zero-order valence-corrected chi connectivity index (χ0v) is 13.9. The van der Waals surface area contributed by atoms with E-state index in [9.17, 15) is 22.4 Å². The molecule has 2 aromatic heterocycles. The highest BCUT2D eigenvalue weighted by molar-refractivity contribution is 5.91. The first kappa shape index (κ1) is 18.5. The van der Waals surface area contributed by atoms with Gasteiger partial charge in [0, 0.05) is 6.04 Å². The average Bonchev–Trinajstić information content (AvgIpc) is 3.23. The van der Waals surface area contributed by atoms with Gasteiger partial charge in [0.2, 0.25) is 0 Å². The SMILES string of the molecule is O=C(NC1CCCCC1)c1ccc(Cn2nc(C(F)F)cc2C(F)F)o1. The summed E-state index contributed by atoms with van der Waals surface area (Å²) in [4.78, 5) is 12.2. The molecule has 1 N–H and O–H groups in total. The molecular weight excluding hydrogens is 354 g/mol. The Labute approximate surface area is 147 Å². The lowest BCUT2D eigenvalue weighted by Crippen LogP contribution is -2.35. The number of nitrogens with one attached hydrogen (secondary N) is 1. The smallest absolute Gasteiger partial charge is 0.287 e. The summed E-state index contributed by atoms with van der Waals surface area (Å²) >= 11 is 0. The molecule has 0 radical (unpaired) electrons. The molecule has 0 saturated heterocycles. The van der Waals surface area contributed by atoms with Gasteiger partial charge in [0.1, 0.15) is 17.1 Å². The molecule has 0 atom stereocenters. The summed E-state index contributed by atoms with van der Waals surface area (Å²) in [6.07, 6.45) is -0.760. The van der Waals surface area contributed by atoms with Crippen LogP contribution < -0.4 is 5.32 Å². The molecule has 1 saturated carbocycles. The van der Waals surface area contributed by atoms with E-state index in [1.54, 1.807) is 0 Å². The molecule has 1 fully saturated rings. The number of hydrogen-bond acceptors (Lipinski definition) is 3. The quantitative estimate of drug-likeness (QED) is 0.761. The first-order chi connectivity index (χ1) is 12.4. The Morgan fingerprint density at radius 3 is 2.58 bits per heavy atom. The minimum absolute atomic E-state index is 0.0606. The van der Waals surface area contributed by atoms with Gasteiger partial charge in [-0.2, -0.15) is 5.10 Å². The second kappa shape index (κ2) is 7.92. The van der Waals surface area contributed by atoms with E-state index in [1.807, 2.05) is 0 Å². The van der Waals surface area contributed by atoms with Gasteiger partial charge in [-0.1, -0.05) is 19.3 Å². The summed E-state index contributed by atoms with van der Waals surface area (Å²) in [5.41, 5.74) is -1.34. The maximum Gasteiger partial charge on any atom is 0.287 e. The third kappa shape index (κ3) is 4.25. The third-order valence-electron chi connectivity index (χ3n) is 4.41. The van der Waals surface area contributed by atoms with E-state index >= 15 is 0 Å². The van der Waals surface area contributed by atoms with Crippen LogP contribution in [0, 0.1) is 0 Å². The van der Waals surface area contributed by atoms with Crippen LogP contribution in [0.15, 0.2) is 22.6 Å². The van der Waals surface area contributed by atoms with Gasteiger partial charge in [0.05, 0.1) is 6.54 Å². The van der Waals surface area contributed by atoms with Gasteiger partial charge in [0.25, 0.3) is 18.8 Å². The summed E-state index contributed by atoms with van der Waals surface area (Å²) in [6.45, 7) is -0.261. The molecule has 1 aliphatic carbocycles. The van der Waals surface area contributed by atoms with Crippen LogP contribution in [0.5, 0.6) is 0 Å². The van der Waals surface area contributed by atoms with E-state index in [0.29, 0.717) is 6.07 Å². The van der Waals surface area contributed by atoms with Crippen molar-refractivity contribution in [3.05, 3.63) is 41.1 Å². The summed E-state index contributed by atoms with van der Waals surface area (Å²) in [6, 6.07) is 3.67. The molecule has 0 aliphatic heterocycles. The van der Waals surface area contributed by atoms with E-state index in [0.717, 1.165) is 36.8 Å². The highest BCUT2D eigenvalue weighted by atomic mass is 19.3. The molecular formula is C17H19F4N3O2. The van der Waals surface area contributed by atoms with Crippen molar-refractivity contribution < 1.29 is 26.8 Å². The number of rotatable bonds is 6. The van der Waals surface area contributed by atoms with Crippen molar-refractivity contribution in [2.24, 2.45) is 0 Å². The highest BCUT2D eigenvalue weighted by Crippen LogP contribution is 2.26. The van der Waals surface area contributed by atoms with E-state index in [-0.39, 0.29) is 30.0 Å². The maximum absolute atomic E-state index is 13.0. The molecule has 0 bridgehead atoms. The number of halogens is 4. The first-order valence-corrected chi connectivity index (χ1v) is 8.47. The molecule has 0 spiro atoms. The van der Waals surface area contributed by atoms with Gasteiger partial charge >= 0.3 is 0 Å². The second-order valence-corrected chi connectivity index (χ2v) is 6.33. The van der Waals surface area contributed by atoms with Gasteiger partial charge in [-0.15, -0.1) is 0 Å². The molecule has 9 heteroatoms. The predicted octanol–water partition coefficient (Wildman–Crippen LogP) is 4.46. The van der Waals surface area contributed by atoms with Crippen LogP contribution in [0.25, 0.3) is 0 Å². The van der Waals surface area contributed by atoms with Crippen molar-refractivity contribution in [3.63, 3.8) is 0 Å². The Morgan fingerprint density at radius 2 is 1.92 bits per heavy atom. The van der Waals surface area contributed by atoms with E-state index in [2.05, 4.69) is 10.4 Å². The molecule has 1 amide bonds. The van der Waals surface area contributed by atoms with Crippen molar-refractivity contribution >= 4 is 5.91 Å². The average molecular weight is 373 g/mol. The Kier molecular flexibility index (Phi) is 5.63. The second-order valence-electron chi connectivity index (χ2n) is 6.33. The number of amides is 1. The largest absolute Gasteiger partial charge is 0.454 e. The van der Waals surface area contributed by atoms with Gasteiger partial charge in [0.15, 0.2) is 5.76 Å². The number of furan rings is 1. The van der Waals surface area contributed by atoms with Gasteiger partial charge < -0.3 is 9.73 Å². The number of alkyl halides is 4. The number of aromatic nitrogens is 2. The molecule has 0 aromatic carbocycles. The molecule has 142 valence electrons. The zero-order chi connectivity index (χ0) is 18.7. The van der Waals surface area contributed by atoms with Crippen molar-refractivity contribution in [3.8, 4) is 0 Å². The lowest BCUT2D eigenvalue weighted by Gasteiger charge is -2.22. The Balaban J connectivity index is 1.69. The van der Waals surface area contributed by atoms with Crippen molar-refractivity contribution in [1.82, 2.24) is 15.1 Å². The molecule has 2 heterocycles. The van der Waals surface area contributed by atoms with E-state index in [1.165, 1.54) is 12.1 Å². The van der Waals surface area contributed by atoms with Crippen molar-refractivity contribution in [2.75, 3.05) is 0 Å². The lowest BCUT2D eigenvalue weighted by atomic mass is 9.95. The number of carbonyl (C=O) groups excluding carboxylic acids is 1. The first-order valence-electron chi connectivity index (χ1n) is 8.47. The molecule has 0 unspecified atom stereocenters. The molecule has 5 nitrogen and oxygen atoms in total. The fourth-order valence-corrected chi connectivity index (χ4v) is 3.10. The lowest BCUT2D eigenvalue weighted by molar-refractivity contribution is 0.0897. The van der Waals surface area contributed by atoms with Crippen LogP contribution in [-0.4, -0.2) is 21.7 Å². The Hall–Kier alpha value is -2.32. The number of hydrogen-bond donors (Lipinski definition) is 1. The molecule has 26 heavy (non-hydrogen) atoms. The zero-order valence-electron chi connectivity index (χ0n) is 13.9. The molecule has 3 rings (SSSR count). The minimum Gasteiger partial charge on any atom is -0.454 e. The van der Waals surface area contributed by atoms with Crippen molar-refractivity contribution in [1.29, 1.82) is 0 Å². The predicted molar refractivity (Wildman–Crippen MR) is 84.3 cm³/mol. The van der Waals surface area contributed by atoms with Crippen molar-refractivity contribution in [2.45, 2.75) is 57.5 Å². The molecule has 1 aliphatic rings.